The van der Waals surface area contributed by atoms with Crippen LogP contribution in [0, 0.1) is 0 Å². The molecule has 6 nitrogen and oxygen atoms in total. The number of nitrogens with one attached hydrogen (secondary N) is 1. The van der Waals surface area contributed by atoms with Gasteiger partial charge in [-0.1, -0.05) is 51.3 Å². The van der Waals surface area contributed by atoms with Gasteiger partial charge in [0.05, 0.1) is 6.61 Å². The molecule has 0 unspecified atom stereocenters. The molecule has 2 amide bonds. The molecule has 0 spiro atoms. The number of hydrogen-bond donors (Lipinski definition) is 1. The maximum atomic E-state index is 12.8. The molecule has 1 aliphatic heterocycles. The van der Waals surface area contributed by atoms with Crippen LogP contribution in [0.2, 0.25) is 10.0 Å². The van der Waals surface area contributed by atoms with E-state index in [-0.39, 0.29) is 23.8 Å². The third-order valence-electron chi connectivity index (χ3n) is 4.56. The van der Waals surface area contributed by atoms with Crippen LogP contribution in [0.15, 0.2) is 53.0 Å². The number of rotatable bonds is 8. The van der Waals surface area contributed by atoms with Crippen LogP contribution in [-0.4, -0.2) is 35.0 Å². The zero-order valence-corrected chi connectivity index (χ0v) is 21.4. The van der Waals surface area contributed by atoms with Crippen molar-refractivity contribution in [3.63, 3.8) is 0 Å². The van der Waals surface area contributed by atoms with Gasteiger partial charge in [-0.25, -0.2) is 0 Å². The molecule has 3 rings (SSSR count). The van der Waals surface area contributed by atoms with Crippen molar-refractivity contribution in [2.75, 3.05) is 13.2 Å². The first-order chi connectivity index (χ1) is 15.7. The molecule has 2 aromatic rings. The summed E-state index contributed by atoms with van der Waals surface area (Å²) in [5.74, 6) is -0.176. The van der Waals surface area contributed by atoms with Crippen molar-refractivity contribution in [1.82, 2.24) is 10.2 Å². The monoisotopic (exact) mass is 568 g/mol. The Hall–Kier alpha value is -2.39. The molecule has 172 valence electrons. The highest BCUT2D eigenvalue weighted by molar-refractivity contribution is 9.10. The number of hydrogen-bond acceptors (Lipinski definition) is 5. The Kier molecular flexibility index (Phi) is 8.53. The summed E-state index contributed by atoms with van der Waals surface area (Å²) in [5, 5.41) is 3.59. The molecule has 1 heterocycles. The van der Waals surface area contributed by atoms with Crippen LogP contribution in [0.3, 0.4) is 0 Å². The summed E-state index contributed by atoms with van der Waals surface area (Å²) in [6.45, 7) is 6.22. The van der Waals surface area contributed by atoms with Crippen molar-refractivity contribution in [3.05, 3.63) is 74.2 Å². The third-order valence-corrected chi connectivity index (χ3v) is 6.15. The van der Waals surface area contributed by atoms with Gasteiger partial charge in [-0.15, -0.1) is 6.58 Å². The quantitative estimate of drug-likeness (QED) is 0.195. The van der Waals surface area contributed by atoms with Crippen LogP contribution in [0.4, 0.5) is 0 Å². The van der Waals surface area contributed by atoms with Gasteiger partial charge in [0.1, 0.15) is 12.2 Å². The van der Waals surface area contributed by atoms with E-state index in [1.54, 1.807) is 30.3 Å². The summed E-state index contributed by atoms with van der Waals surface area (Å²) in [6, 6.07) is 8.55. The Morgan fingerprint density at radius 1 is 1.18 bits per heavy atom. The summed E-state index contributed by atoms with van der Waals surface area (Å²) < 4.78 is 12.3. The maximum absolute atomic E-state index is 12.8. The minimum atomic E-state index is -0.576. The predicted molar refractivity (Wildman–Crippen MR) is 137 cm³/mol. The molecular formula is C23H19BrCl2N2O4S. The molecule has 10 heteroatoms. The minimum absolute atomic E-state index is 0.0423. The first kappa shape index (κ1) is 25.2. The van der Waals surface area contributed by atoms with Crippen molar-refractivity contribution < 1.29 is 19.1 Å². The maximum Gasteiger partial charge on any atom is 0.265 e. The summed E-state index contributed by atoms with van der Waals surface area (Å²) in [7, 11) is 0. The lowest BCUT2D eigenvalue weighted by atomic mass is 10.1. The number of amides is 2. The SMILES string of the molecule is C=CCN1C(=O)/C(=C/c2cc(OCC)c(OCc3ccc(Cl)cc3Cl)cc2Br)C(=O)NC1=S. The highest BCUT2D eigenvalue weighted by atomic mass is 79.9. The average molecular weight is 570 g/mol. The second-order valence-corrected chi connectivity index (χ2v) is 8.88. The van der Waals surface area contributed by atoms with E-state index in [1.807, 2.05) is 6.92 Å². The Labute approximate surface area is 215 Å². The van der Waals surface area contributed by atoms with Gasteiger partial charge in [-0.05, 0) is 55.0 Å². The van der Waals surface area contributed by atoms with Gasteiger partial charge in [0.25, 0.3) is 11.8 Å². The molecule has 0 atom stereocenters. The summed E-state index contributed by atoms with van der Waals surface area (Å²) in [6.07, 6.45) is 3.00. The molecule has 1 aliphatic rings. The fourth-order valence-corrected chi connectivity index (χ4v) is 4.13. The molecule has 1 fully saturated rings. The molecule has 0 saturated carbocycles. The highest BCUT2D eigenvalue weighted by Crippen LogP contribution is 2.36. The standard InChI is InChI=1S/C23H19BrCl2N2O4S/c1-3-7-28-22(30)16(21(29)27-23(28)33)8-14-9-19(31-4-2)20(11-17(14)24)32-12-13-5-6-15(25)10-18(13)26/h3,5-6,8-11H,1,4,7,12H2,2H3,(H,27,29,33)/b16-8+. The summed E-state index contributed by atoms with van der Waals surface area (Å²) in [5.41, 5.74) is 1.25. The molecule has 1 saturated heterocycles. The molecule has 0 radical (unpaired) electrons. The Morgan fingerprint density at radius 2 is 1.91 bits per heavy atom. The Balaban J connectivity index is 1.93. The number of nitrogens with zero attached hydrogens (tertiary/aromatic N) is 1. The molecule has 2 aromatic carbocycles. The molecule has 0 aliphatic carbocycles. The van der Waals surface area contributed by atoms with E-state index >= 15 is 0 Å². The topological polar surface area (TPSA) is 67.9 Å². The number of carbonyl (C=O) groups is 2. The Bertz CT molecular complexity index is 1170. The van der Waals surface area contributed by atoms with E-state index in [0.717, 1.165) is 5.56 Å². The van der Waals surface area contributed by atoms with Gasteiger partial charge in [-0.2, -0.15) is 0 Å². The predicted octanol–water partition coefficient (Wildman–Crippen LogP) is 5.55. The van der Waals surface area contributed by atoms with Crippen molar-refractivity contribution in [1.29, 1.82) is 0 Å². The smallest absolute Gasteiger partial charge is 0.265 e. The number of benzene rings is 2. The van der Waals surface area contributed by atoms with Gasteiger partial charge in [0, 0.05) is 26.6 Å². The van der Waals surface area contributed by atoms with Crippen LogP contribution in [-0.2, 0) is 16.2 Å². The summed E-state index contributed by atoms with van der Waals surface area (Å²) >= 11 is 20.7. The normalized spacial score (nSPS) is 15.0. The lowest BCUT2D eigenvalue weighted by Gasteiger charge is -2.27. The number of thiocarbonyl (C=S) groups is 1. The van der Waals surface area contributed by atoms with Crippen LogP contribution in [0.5, 0.6) is 11.5 Å². The van der Waals surface area contributed by atoms with E-state index < -0.39 is 11.8 Å². The van der Waals surface area contributed by atoms with E-state index in [1.165, 1.54) is 17.1 Å². The zero-order valence-electron chi connectivity index (χ0n) is 17.5. The Morgan fingerprint density at radius 3 is 2.58 bits per heavy atom. The lowest BCUT2D eigenvalue weighted by molar-refractivity contribution is -0.128. The molecular weight excluding hydrogens is 551 g/mol. The van der Waals surface area contributed by atoms with Crippen molar-refractivity contribution in [2.45, 2.75) is 13.5 Å². The summed E-state index contributed by atoms with van der Waals surface area (Å²) in [4.78, 5) is 26.5. The highest BCUT2D eigenvalue weighted by Gasteiger charge is 2.32. The first-order valence-corrected chi connectivity index (χ1v) is 11.7. The van der Waals surface area contributed by atoms with Crippen LogP contribution in [0.25, 0.3) is 6.08 Å². The number of halogens is 3. The fraction of sp³-hybridized carbons (Fsp3) is 0.174. The first-order valence-electron chi connectivity index (χ1n) is 9.78. The molecule has 33 heavy (non-hydrogen) atoms. The van der Waals surface area contributed by atoms with E-state index in [0.29, 0.717) is 38.2 Å². The molecule has 0 bridgehead atoms. The molecule has 0 aromatic heterocycles. The van der Waals surface area contributed by atoms with E-state index in [9.17, 15) is 9.59 Å². The second-order valence-electron chi connectivity index (χ2n) is 6.80. The van der Waals surface area contributed by atoms with Gasteiger partial charge in [0.15, 0.2) is 16.6 Å². The van der Waals surface area contributed by atoms with Gasteiger partial charge in [0.2, 0.25) is 0 Å². The minimum Gasteiger partial charge on any atom is -0.490 e. The fourth-order valence-electron chi connectivity index (χ4n) is 2.98. The van der Waals surface area contributed by atoms with Gasteiger partial charge in [-0.3, -0.25) is 19.8 Å². The largest absolute Gasteiger partial charge is 0.490 e. The average Bonchev–Trinajstić information content (AvgIpc) is 2.76. The van der Waals surface area contributed by atoms with E-state index in [2.05, 4.69) is 27.8 Å². The number of carbonyl (C=O) groups excluding carboxylic acids is 2. The third kappa shape index (κ3) is 5.95. The number of ether oxygens (including phenoxy) is 2. The van der Waals surface area contributed by atoms with Crippen LogP contribution in [0.1, 0.15) is 18.1 Å². The van der Waals surface area contributed by atoms with Gasteiger partial charge < -0.3 is 9.47 Å². The van der Waals surface area contributed by atoms with E-state index in [4.69, 9.17) is 44.9 Å². The second kappa shape index (κ2) is 11.2. The van der Waals surface area contributed by atoms with Crippen LogP contribution >= 0.6 is 51.3 Å². The van der Waals surface area contributed by atoms with Gasteiger partial charge >= 0.3 is 0 Å². The lowest BCUT2D eigenvalue weighted by Crippen LogP contribution is -2.53. The molecule has 1 N–H and O–H groups in total. The zero-order chi connectivity index (χ0) is 24.1. The van der Waals surface area contributed by atoms with Crippen molar-refractivity contribution >= 4 is 74.4 Å². The van der Waals surface area contributed by atoms with Crippen LogP contribution < -0.4 is 14.8 Å². The van der Waals surface area contributed by atoms with Crippen molar-refractivity contribution in [3.8, 4) is 11.5 Å². The van der Waals surface area contributed by atoms with Crippen molar-refractivity contribution in [2.24, 2.45) is 0 Å².